The fraction of sp³-hybridized carbons (Fsp3) is 0. The molecule has 0 bridgehead atoms. The van der Waals surface area contributed by atoms with Crippen LogP contribution >= 0.6 is 0 Å². The lowest BCUT2D eigenvalue weighted by molar-refractivity contribution is 1.06. The second kappa shape index (κ2) is 9.62. The Bertz CT molecular complexity index is 2790. The molecule has 46 heavy (non-hydrogen) atoms. The van der Waals surface area contributed by atoms with Crippen LogP contribution in [-0.2, 0) is 0 Å². The van der Waals surface area contributed by atoms with Gasteiger partial charge in [-0.25, -0.2) is 9.97 Å². The van der Waals surface area contributed by atoms with Gasteiger partial charge in [-0.3, -0.25) is 0 Å². The van der Waals surface area contributed by atoms with Crippen LogP contribution in [0.2, 0.25) is 0 Å². The van der Waals surface area contributed by atoms with Gasteiger partial charge in [0.15, 0.2) is 5.82 Å². The maximum absolute atomic E-state index is 5.18. The molecule has 10 rings (SSSR count). The van der Waals surface area contributed by atoms with Crippen molar-refractivity contribution in [3.05, 3.63) is 152 Å². The van der Waals surface area contributed by atoms with Crippen molar-refractivity contribution >= 4 is 65.0 Å². The molecule has 7 aromatic carbocycles. The molecule has 0 aliphatic carbocycles. The van der Waals surface area contributed by atoms with Crippen molar-refractivity contribution in [2.45, 2.75) is 0 Å². The molecule has 0 atom stereocenters. The SMILES string of the molecule is c1ccc(-c2ncc(-n3ccc4c5[nH]c6c7ccccc7c7ccccc7c6c5c5ccccc5c43)c(-c3ccccc3)n2)cc1. The number of hydrogen-bond donors (Lipinski definition) is 1. The van der Waals surface area contributed by atoms with Crippen LogP contribution in [0.4, 0.5) is 0 Å². The van der Waals surface area contributed by atoms with Crippen LogP contribution in [0.1, 0.15) is 0 Å². The molecule has 3 heterocycles. The zero-order valence-corrected chi connectivity index (χ0v) is 24.8. The summed E-state index contributed by atoms with van der Waals surface area (Å²) >= 11 is 0. The predicted molar refractivity (Wildman–Crippen MR) is 192 cm³/mol. The molecule has 0 amide bonds. The van der Waals surface area contributed by atoms with E-state index in [1.54, 1.807) is 0 Å². The van der Waals surface area contributed by atoms with Crippen LogP contribution in [-0.4, -0.2) is 19.5 Å². The van der Waals surface area contributed by atoms with Gasteiger partial charge in [-0.15, -0.1) is 0 Å². The monoisotopic (exact) mass is 586 g/mol. The van der Waals surface area contributed by atoms with Gasteiger partial charge >= 0.3 is 0 Å². The van der Waals surface area contributed by atoms with E-state index in [0.29, 0.717) is 5.82 Å². The molecular formula is C42H26N4. The van der Waals surface area contributed by atoms with E-state index in [-0.39, 0.29) is 0 Å². The largest absolute Gasteiger partial charge is 0.353 e. The van der Waals surface area contributed by atoms with Crippen molar-refractivity contribution in [2.24, 2.45) is 0 Å². The van der Waals surface area contributed by atoms with E-state index in [1.165, 1.54) is 54.0 Å². The average Bonchev–Trinajstić information content (AvgIpc) is 3.76. The highest BCUT2D eigenvalue weighted by Crippen LogP contribution is 2.45. The molecule has 214 valence electrons. The molecule has 0 saturated carbocycles. The summed E-state index contributed by atoms with van der Waals surface area (Å²) in [7, 11) is 0. The Morgan fingerprint density at radius 1 is 0.457 bits per heavy atom. The van der Waals surface area contributed by atoms with E-state index in [2.05, 4.69) is 131 Å². The molecule has 0 unspecified atom stereocenters. The van der Waals surface area contributed by atoms with Gasteiger partial charge in [0.05, 0.1) is 34.1 Å². The molecule has 10 aromatic rings. The number of rotatable bonds is 3. The predicted octanol–water partition coefficient (Wildman–Crippen LogP) is 10.8. The number of nitrogens with zero attached hydrogens (tertiary/aromatic N) is 3. The minimum Gasteiger partial charge on any atom is -0.353 e. The second-order valence-corrected chi connectivity index (χ2v) is 11.9. The third-order valence-electron chi connectivity index (χ3n) is 9.40. The van der Waals surface area contributed by atoms with Gasteiger partial charge in [0.2, 0.25) is 0 Å². The maximum Gasteiger partial charge on any atom is 0.159 e. The standard InChI is InChI=1S/C42H26N4/c1-3-13-26(14-4-1)38-35(25-43-42(45-38)27-15-5-2-6-16-27)46-24-23-34-40-37(31-20-10-12-22-33(31)41(34)46)36-30-19-9-7-17-28(30)29-18-8-11-21-32(29)39(36)44-40/h1-25,44H. The van der Waals surface area contributed by atoms with Crippen LogP contribution < -0.4 is 0 Å². The summed E-state index contributed by atoms with van der Waals surface area (Å²) in [4.78, 5) is 14.0. The Hall–Kier alpha value is -6.26. The molecule has 4 nitrogen and oxygen atoms in total. The van der Waals surface area contributed by atoms with E-state index < -0.39 is 0 Å². The van der Waals surface area contributed by atoms with E-state index >= 15 is 0 Å². The first-order chi connectivity index (χ1) is 22.8. The molecule has 3 aromatic heterocycles. The first kappa shape index (κ1) is 25.1. The topological polar surface area (TPSA) is 46.5 Å². The van der Waals surface area contributed by atoms with Crippen molar-refractivity contribution in [3.63, 3.8) is 0 Å². The Morgan fingerprint density at radius 2 is 0.978 bits per heavy atom. The Labute approximate surface area is 264 Å². The summed E-state index contributed by atoms with van der Waals surface area (Å²) in [5.41, 5.74) is 7.34. The first-order valence-corrected chi connectivity index (χ1v) is 15.6. The zero-order valence-electron chi connectivity index (χ0n) is 24.8. The lowest BCUT2D eigenvalue weighted by atomic mass is 9.94. The van der Waals surface area contributed by atoms with E-state index in [4.69, 9.17) is 9.97 Å². The Morgan fingerprint density at radius 3 is 1.67 bits per heavy atom. The Kier molecular flexibility index (Phi) is 5.25. The van der Waals surface area contributed by atoms with Crippen LogP contribution in [0.25, 0.3) is 93.4 Å². The summed E-state index contributed by atoms with van der Waals surface area (Å²) in [6.45, 7) is 0. The molecule has 0 fully saturated rings. The van der Waals surface area contributed by atoms with Crippen molar-refractivity contribution < 1.29 is 0 Å². The molecule has 0 aliphatic rings. The van der Waals surface area contributed by atoms with Gasteiger partial charge in [-0.2, -0.15) is 0 Å². The number of hydrogen-bond acceptors (Lipinski definition) is 2. The second-order valence-electron chi connectivity index (χ2n) is 11.9. The molecule has 4 heteroatoms. The highest BCUT2D eigenvalue weighted by atomic mass is 15.0. The van der Waals surface area contributed by atoms with Crippen LogP contribution in [0.5, 0.6) is 0 Å². The number of nitrogens with one attached hydrogen (secondary N) is 1. The number of aromatic nitrogens is 4. The van der Waals surface area contributed by atoms with E-state index in [0.717, 1.165) is 33.5 Å². The van der Waals surface area contributed by atoms with Gasteiger partial charge in [0.25, 0.3) is 0 Å². The highest BCUT2D eigenvalue weighted by molar-refractivity contribution is 6.39. The lowest BCUT2D eigenvalue weighted by Crippen LogP contribution is -2.02. The number of aromatic amines is 1. The molecule has 0 aliphatic heterocycles. The summed E-state index contributed by atoms with van der Waals surface area (Å²) in [5.74, 6) is 0.710. The van der Waals surface area contributed by atoms with Crippen LogP contribution in [0, 0.1) is 0 Å². The normalized spacial score (nSPS) is 11.9. The fourth-order valence-electron chi connectivity index (χ4n) is 7.42. The third-order valence-corrected chi connectivity index (χ3v) is 9.40. The van der Waals surface area contributed by atoms with Gasteiger partial charge in [0, 0.05) is 44.3 Å². The van der Waals surface area contributed by atoms with Gasteiger partial charge in [-0.05, 0) is 27.6 Å². The molecular weight excluding hydrogens is 560 g/mol. The van der Waals surface area contributed by atoms with Gasteiger partial charge < -0.3 is 9.55 Å². The maximum atomic E-state index is 5.18. The average molecular weight is 587 g/mol. The molecule has 0 radical (unpaired) electrons. The Balaban J connectivity index is 1.35. The minimum absolute atomic E-state index is 0.710. The summed E-state index contributed by atoms with van der Waals surface area (Å²) < 4.78 is 2.27. The number of fused-ring (bicyclic) bond motifs is 13. The fourth-order valence-corrected chi connectivity index (χ4v) is 7.42. The number of benzene rings is 7. The summed E-state index contributed by atoms with van der Waals surface area (Å²) in [6.07, 6.45) is 4.15. The third kappa shape index (κ3) is 3.49. The highest BCUT2D eigenvalue weighted by Gasteiger charge is 2.22. The molecule has 0 saturated heterocycles. The zero-order chi connectivity index (χ0) is 30.2. The van der Waals surface area contributed by atoms with Crippen molar-refractivity contribution in [1.82, 2.24) is 19.5 Å². The van der Waals surface area contributed by atoms with Gasteiger partial charge in [-0.1, -0.05) is 133 Å². The van der Waals surface area contributed by atoms with Crippen molar-refractivity contribution in [1.29, 1.82) is 0 Å². The van der Waals surface area contributed by atoms with E-state index in [1.807, 2.05) is 30.5 Å². The molecule has 0 spiro atoms. The number of H-pyrrole nitrogens is 1. The summed E-state index contributed by atoms with van der Waals surface area (Å²) in [6, 6.07) is 49.2. The van der Waals surface area contributed by atoms with Gasteiger partial charge in [0.1, 0.15) is 0 Å². The van der Waals surface area contributed by atoms with Crippen molar-refractivity contribution in [3.8, 4) is 28.3 Å². The first-order valence-electron chi connectivity index (χ1n) is 15.6. The minimum atomic E-state index is 0.710. The summed E-state index contributed by atoms with van der Waals surface area (Å²) in [5, 5.41) is 11.2. The van der Waals surface area contributed by atoms with E-state index in [9.17, 15) is 0 Å². The quantitative estimate of drug-likeness (QED) is 0.209. The van der Waals surface area contributed by atoms with Crippen molar-refractivity contribution in [2.75, 3.05) is 0 Å². The van der Waals surface area contributed by atoms with Crippen LogP contribution in [0.3, 0.4) is 0 Å². The van der Waals surface area contributed by atoms with Crippen LogP contribution in [0.15, 0.2) is 152 Å². The smallest absolute Gasteiger partial charge is 0.159 e. The lowest BCUT2D eigenvalue weighted by Gasteiger charge is -2.14. The molecule has 1 N–H and O–H groups in total.